The van der Waals surface area contributed by atoms with Crippen molar-refractivity contribution in [2.45, 2.75) is 6.29 Å². The van der Waals surface area contributed by atoms with Crippen LogP contribution < -0.4 is 5.32 Å². The fourth-order valence-corrected chi connectivity index (χ4v) is 1.66. The quantitative estimate of drug-likeness (QED) is 0.849. The molecule has 1 N–H and O–H groups in total. The van der Waals surface area contributed by atoms with Gasteiger partial charge in [0.25, 0.3) is 0 Å². The number of nitrogens with one attached hydrogen (secondary N) is 1. The molecule has 0 heterocycles. The van der Waals surface area contributed by atoms with Gasteiger partial charge in [-0.2, -0.15) is 5.26 Å². The van der Waals surface area contributed by atoms with E-state index in [1.54, 1.807) is 0 Å². The molecule has 0 bridgehead atoms. The highest BCUT2D eigenvalue weighted by Gasteiger charge is 2.12. The van der Waals surface area contributed by atoms with Crippen LogP contribution in [0.25, 0.3) is 0 Å². The summed E-state index contributed by atoms with van der Waals surface area (Å²) in [7, 11) is 3.00. The zero-order valence-electron chi connectivity index (χ0n) is 9.46. The largest absolute Gasteiger partial charge is 0.378 e. The Labute approximate surface area is 107 Å². The lowest BCUT2D eigenvalue weighted by Crippen LogP contribution is -2.24. The SMILES string of the molecule is COC(CNc1ccc(C#N)c(Br)c1F)OC. The second-order valence-corrected chi connectivity index (χ2v) is 3.98. The van der Waals surface area contributed by atoms with E-state index in [4.69, 9.17) is 14.7 Å². The lowest BCUT2D eigenvalue weighted by molar-refractivity contribution is -0.0914. The number of methoxy groups -OCH3 is 2. The van der Waals surface area contributed by atoms with Gasteiger partial charge in [0.1, 0.15) is 6.07 Å². The topological polar surface area (TPSA) is 54.3 Å². The molecule has 1 aromatic rings. The molecule has 17 heavy (non-hydrogen) atoms. The van der Waals surface area contributed by atoms with Gasteiger partial charge in [0.15, 0.2) is 12.1 Å². The van der Waals surface area contributed by atoms with E-state index < -0.39 is 12.1 Å². The molecule has 0 amide bonds. The van der Waals surface area contributed by atoms with Crippen LogP contribution in [0, 0.1) is 17.1 Å². The number of rotatable bonds is 5. The highest BCUT2D eigenvalue weighted by molar-refractivity contribution is 9.10. The first-order valence-corrected chi connectivity index (χ1v) is 5.60. The van der Waals surface area contributed by atoms with Gasteiger partial charge in [-0.05, 0) is 28.1 Å². The maximum Gasteiger partial charge on any atom is 0.173 e. The Kier molecular flexibility index (Phi) is 5.35. The molecule has 0 unspecified atom stereocenters. The van der Waals surface area contributed by atoms with Crippen molar-refractivity contribution in [1.29, 1.82) is 5.26 Å². The predicted octanol–water partition coefficient (Wildman–Crippen LogP) is 2.49. The molecule has 6 heteroatoms. The lowest BCUT2D eigenvalue weighted by Gasteiger charge is -2.15. The van der Waals surface area contributed by atoms with Gasteiger partial charge in [0.05, 0.1) is 22.3 Å². The highest BCUT2D eigenvalue weighted by Crippen LogP contribution is 2.26. The van der Waals surface area contributed by atoms with Crippen molar-refractivity contribution >= 4 is 21.6 Å². The molecule has 0 aliphatic rings. The summed E-state index contributed by atoms with van der Waals surface area (Å²) in [4.78, 5) is 0. The number of hydrogen-bond acceptors (Lipinski definition) is 4. The Hall–Kier alpha value is -1.16. The predicted molar refractivity (Wildman–Crippen MR) is 65.1 cm³/mol. The molecular formula is C11H12BrFN2O2. The summed E-state index contributed by atoms with van der Waals surface area (Å²) in [6.07, 6.45) is -0.455. The maximum atomic E-state index is 13.8. The summed E-state index contributed by atoms with van der Waals surface area (Å²) >= 11 is 3.03. The van der Waals surface area contributed by atoms with Crippen molar-refractivity contribution in [3.8, 4) is 6.07 Å². The normalized spacial score (nSPS) is 10.4. The Morgan fingerprint density at radius 3 is 2.65 bits per heavy atom. The van der Waals surface area contributed by atoms with Crippen LogP contribution >= 0.6 is 15.9 Å². The van der Waals surface area contributed by atoms with Gasteiger partial charge in [0, 0.05) is 14.2 Å². The standard InChI is InChI=1S/C11H12BrFN2O2/c1-16-9(17-2)6-15-8-4-3-7(5-14)10(12)11(8)13/h3-4,9,15H,6H2,1-2H3. The third-order valence-corrected chi connectivity index (χ3v) is 2.96. The summed E-state index contributed by atoms with van der Waals surface area (Å²) in [6, 6.07) is 4.92. The van der Waals surface area contributed by atoms with E-state index in [9.17, 15) is 4.39 Å². The van der Waals surface area contributed by atoms with Crippen molar-refractivity contribution in [2.75, 3.05) is 26.1 Å². The van der Waals surface area contributed by atoms with Crippen molar-refractivity contribution in [2.24, 2.45) is 0 Å². The molecule has 1 aromatic carbocycles. The van der Waals surface area contributed by atoms with E-state index in [0.717, 1.165) is 0 Å². The van der Waals surface area contributed by atoms with Crippen molar-refractivity contribution in [3.05, 3.63) is 28.0 Å². The van der Waals surface area contributed by atoms with E-state index in [-0.39, 0.29) is 15.7 Å². The van der Waals surface area contributed by atoms with E-state index in [2.05, 4.69) is 21.2 Å². The monoisotopic (exact) mass is 302 g/mol. The Bertz CT molecular complexity index is 430. The molecule has 0 aromatic heterocycles. The van der Waals surface area contributed by atoms with E-state index >= 15 is 0 Å². The molecular weight excluding hydrogens is 291 g/mol. The molecule has 4 nitrogen and oxygen atoms in total. The Balaban J connectivity index is 2.80. The number of hydrogen-bond donors (Lipinski definition) is 1. The van der Waals surface area contributed by atoms with Crippen LogP contribution in [-0.4, -0.2) is 27.1 Å². The maximum absolute atomic E-state index is 13.8. The molecule has 0 spiro atoms. The minimum atomic E-state index is -0.505. The third-order valence-electron chi connectivity index (χ3n) is 2.19. The first-order chi connectivity index (χ1) is 8.13. The summed E-state index contributed by atoms with van der Waals surface area (Å²) in [5.41, 5.74) is 0.540. The fraction of sp³-hybridized carbons (Fsp3) is 0.364. The summed E-state index contributed by atoms with van der Waals surface area (Å²) in [5, 5.41) is 11.6. The van der Waals surface area contributed by atoms with E-state index in [0.29, 0.717) is 6.54 Å². The van der Waals surface area contributed by atoms with Gasteiger partial charge in [-0.3, -0.25) is 0 Å². The molecule has 0 aliphatic heterocycles. The molecule has 0 atom stereocenters. The van der Waals surface area contributed by atoms with Crippen LogP contribution in [0.15, 0.2) is 16.6 Å². The number of benzene rings is 1. The zero-order valence-corrected chi connectivity index (χ0v) is 11.0. The number of nitriles is 1. The van der Waals surface area contributed by atoms with Gasteiger partial charge >= 0.3 is 0 Å². The van der Waals surface area contributed by atoms with Crippen molar-refractivity contribution in [1.82, 2.24) is 0 Å². The van der Waals surface area contributed by atoms with Crippen LogP contribution in [-0.2, 0) is 9.47 Å². The number of nitrogens with zero attached hydrogens (tertiary/aromatic N) is 1. The van der Waals surface area contributed by atoms with Crippen LogP contribution in [0.1, 0.15) is 5.56 Å². The minimum absolute atomic E-state index is 0.149. The third kappa shape index (κ3) is 3.40. The highest BCUT2D eigenvalue weighted by atomic mass is 79.9. The Morgan fingerprint density at radius 1 is 1.47 bits per heavy atom. The number of halogens is 2. The van der Waals surface area contributed by atoms with Crippen LogP contribution in [0.5, 0.6) is 0 Å². The minimum Gasteiger partial charge on any atom is -0.378 e. The first kappa shape index (κ1) is 13.9. The molecule has 0 saturated carbocycles. The fourth-order valence-electron chi connectivity index (χ4n) is 1.23. The molecule has 1 rings (SSSR count). The van der Waals surface area contributed by atoms with Gasteiger partial charge in [0.2, 0.25) is 0 Å². The van der Waals surface area contributed by atoms with Crippen molar-refractivity contribution < 1.29 is 13.9 Å². The van der Waals surface area contributed by atoms with Gasteiger partial charge in [-0.1, -0.05) is 0 Å². The van der Waals surface area contributed by atoms with Crippen LogP contribution in [0.4, 0.5) is 10.1 Å². The van der Waals surface area contributed by atoms with Gasteiger partial charge in [-0.15, -0.1) is 0 Å². The Morgan fingerprint density at radius 2 is 2.12 bits per heavy atom. The van der Waals surface area contributed by atoms with Gasteiger partial charge in [-0.25, -0.2) is 4.39 Å². The summed E-state index contributed by atoms with van der Waals surface area (Å²) in [6.45, 7) is 0.308. The smallest absolute Gasteiger partial charge is 0.173 e. The molecule has 0 radical (unpaired) electrons. The molecule has 92 valence electrons. The van der Waals surface area contributed by atoms with Crippen LogP contribution in [0.3, 0.4) is 0 Å². The second kappa shape index (κ2) is 6.55. The average molecular weight is 303 g/mol. The van der Waals surface area contributed by atoms with E-state index in [1.807, 2.05) is 6.07 Å². The first-order valence-electron chi connectivity index (χ1n) is 4.81. The van der Waals surface area contributed by atoms with E-state index in [1.165, 1.54) is 26.4 Å². The second-order valence-electron chi connectivity index (χ2n) is 3.18. The number of anilines is 1. The molecule has 0 fully saturated rings. The number of ether oxygens (including phenoxy) is 2. The zero-order chi connectivity index (χ0) is 12.8. The van der Waals surface area contributed by atoms with Crippen molar-refractivity contribution in [3.63, 3.8) is 0 Å². The van der Waals surface area contributed by atoms with Crippen LogP contribution in [0.2, 0.25) is 0 Å². The summed E-state index contributed by atoms with van der Waals surface area (Å²) in [5.74, 6) is -0.505. The molecule has 0 saturated heterocycles. The average Bonchev–Trinajstić information content (AvgIpc) is 2.35. The van der Waals surface area contributed by atoms with Gasteiger partial charge < -0.3 is 14.8 Å². The summed E-state index contributed by atoms with van der Waals surface area (Å²) < 4.78 is 23.8. The molecule has 0 aliphatic carbocycles. The lowest BCUT2D eigenvalue weighted by atomic mass is 10.2.